The van der Waals surface area contributed by atoms with Gasteiger partial charge in [0.1, 0.15) is 0 Å². The zero-order valence-electron chi connectivity index (χ0n) is 11.0. The molecular weight excluding hydrogens is 278 g/mol. The van der Waals surface area contributed by atoms with E-state index in [4.69, 9.17) is 11.6 Å². The second-order valence-electron chi connectivity index (χ2n) is 4.51. The number of rotatable bonds is 5. The van der Waals surface area contributed by atoms with Gasteiger partial charge in [-0.05, 0) is 37.6 Å². The predicted octanol–water partition coefficient (Wildman–Crippen LogP) is 4.28. The molecule has 0 amide bonds. The van der Waals surface area contributed by atoms with E-state index in [1.54, 1.807) is 23.5 Å². The Labute approximate surface area is 122 Å². The van der Waals surface area contributed by atoms with Crippen LogP contribution in [0.3, 0.4) is 0 Å². The van der Waals surface area contributed by atoms with Crippen molar-refractivity contribution >= 4 is 28.7 Å². The summed E-state index contributed by atoms with van der Waals surface area (Å²) in [6.45, 7) is 2.47. The number of nitrogens with zero attached hydrogens (tertiary/aromatic N) is 1. The van der Waals surface area contributed by atoms with E-state index in [2.05, 4.69) is 18.4 Å². The second-order valence-corrected chi connectivity index (χ2v) is 5.90. The van der Waals surface area contributed by atoms with E-state index >= 15 is 0 Å². The molecule has 0 aliphatic rings. The third-order valence-electron chi connectivity index (χ3n) is 3.18. The lowest BCUT2D eigenvalue weighted by molar-refractivity contribution is 0.0926. The van der Waals surface area contributed by atoms with Crippen LogP contribution in [0, 0.1) is 0 Å². The molecule has 1 unspecified atom stereocenters. The molecule has 0 spiro atoms. The van der Waals surface area contributed by atoms with Gasteiger partial charge in [-0.15, -0.1) is 11.3 Å². The van der Waals surface area contributed by atoms with Crippen LogP contribution in [0.15, 0.2) is 41.8 Å². The summed E-state index contributed by atoms with van der Waals surface area (Å²) < 4.78 is 0. The average Bonchev–Trinajstić information content (AvgIpc) is 2.92. The average molecular weight is 294 g/mol. The Morgan fingerprint density at radius 3 is 2.68 bits per heavy atom. The van der Waals surface area contributed by atoms with Crippen LogP contribution in [-0.4, -0.2) is 24.3 Å². The monoisotopic (exact) mass is 293 g/mol. The number of carbonyl (C=O) groups excluding carboxylic acids is 1. The van der Waals surface area contributed by atoms with Gasteiger partial charge < -0.3 is 0 Å². The van der Waals surface area contributed by atoms with E-state index in [1.165, 1.54) is 4.88 Å². The minimum atomic E-state index is 0.0523. The van der Waals surface area contributed by atoms with Crippen molar-refractivity contribution in [3.05, 3.63) is 57.2 Å². The van der Waals surface area contributed by atoms with Crippen molar-refractivity contribution < 1.29 is 4.79 Å². The smallest absolute Gasteiger partial charge is 0.178 e. The van der Waals surface area contributed by atoms with Crippen LogP contribution in [-0.2, 0) is 0 Å². The third kappa shape index (κ3) is 3.44. The zero-order chi connectivity index (χ0) is 13.8. The highest BCUT2D eigenvalue weighted by Gasteiger charge is 2.17. The Bertz CT molecular complexity index is 553. The van der Waals surface area contributed by atoms with Gasteiger partial charge in [0.25, 0.3) is 0 Å². The first kappa shape index (κ1) is 14.3. The van der Waals surface area contributed by atoms with E-state index in [9.17, 15) is 4.79 Å². The van der Waals surface area contributed by atoms with Crippen molar-refractivity contribution in [3.63, 3.8) is 0 Å². The summed E-state index contributed by atoms with van der Waals surface area (Å²) in [6.07, 6.45) is 0. The first-order chi connectivity index (χ1) is 9.09. The summed E-state index contributed by atoms with van der Waals surface area (Å²) >= 11 is 7.75. The number of thiophene rings is 1. The maximum absolute atomic E-state index is 12.2. The maximum Gasteiger partial charge on any atom is 0.178 e. The Hall–Kier alpha value is -1.16. The van der Waals surface area contributed by atoms with Crippen LogP contribution in [0.4, 0.5) is 0 Å². The lowest BCUT2D eigenvalue weighted by Crippen LogP contribution is -2.28. The molecule has 0 radical (unpaired) electrons. The molecule has 1 heterocycles. The molecule has 0 saturated heterocycles. The van der Waals surface area contributed by atoms with E-state index in [0.29, 0.717) is 17.1 Å². The summed E-state index contributed by atoms with van der Waals surface area (Å²) in [4.78, 5) is 15.5. The molecule has 100 valence electrons. The number of hydrogen-bond donors (Lipinski definition) is 0. The molecule has 0 N–H and O–H groups in total. The fraction of sp³-hybridized carbons (Fsp3) is 0.267. The van der Waals surface area contributed by atoms with Crippen molar-refractivity contribution in [2.75, 3.05) is 13.6 Å². The molecule has 4 heteroatoms. The van der Waals surface area contributed by atoms with Crippen molar-refractivity contribution in [2.24, 2.45) is 0 Å². The summed E-state index contributed by atoms with van der Waals surface area (Å²) in [5, 5.41) is 2.57. The molecular formula is C15H16ClNOS. The van der Waals surface area contributed by atoms with E-state index in [-0.39, 0.29) is 11.8 Å². The highest BCUT2D eigenvalue weighted by Crippen LogP contribution is 2.24. The highest BCUT2D eigenvalue weighted by molar-refractivity contribution is 7.10. The standard InChI is InChI=1S/C15H16ClNOS/c1-11(15-8-5-9-19-15)17(2)10-14(18)12-6-3-4-7-13(12)16/h3-9,11H,10H2,1-2H3. The Balaban J connectivity index is 2.05. The first-order valence-corrected chi connectivity index (χ1v) is 7.36. The number of carbonyl (C=O) groups is 1. The van der Waals surface area contributed by atoms with Gasteiger partial charge in [0.2, 0.25) is 0 Å². The van der Waals surface area contributed by atoms with Crippen LogP contribution in [0.1, 0.15) is 28.2 Å². The molecule has 0 aliphatic carbocycles. The molecule has 19 heavy (non-hydrogen) atoms. The van der Waals surface area contributed by atoms with Crippen molar-refractivity contribution in [2.45, 2.75) is 13.0 Å². The molecule has 0 fully saturated rings. The van der Waals surface area contributed by atoms with Crippen LogP contribution < -0.4 is 0 Å². The number of ketones is 1. The minimum absolute atomic E-state index is 0.0523. The Kier molecular flexibility index (Phi) is 4.75. The largest absolute Gasteiger partial charge is 0.293 e. The van der Waals surface area contributed by atoms with Gasteiger partial charge in [-0.3, -0.25) is 9.69 Å². The lowest BCUT2D eigenvalue weighted by Gasteiger charge is -2.23. The van der Waals surface area contributed by atoms with E-state index in [0.717, 1.165) is 0 Å². The Morgan fingerprint density at radius 1 is 1.32 bits per heavy atom. The second kappa shape index (κ2) is 6.33. The maximum atomic E-state index is 12.2. The lowest BCUT2D eigenvalue weighted by atomic mass is 10.1. The van der Waals surface area contributed by atoms with Crippen LogP contribution in [0.5, 0.6) is 0 Å². The summed E-state index contributed by atoms with van der Waals surface area (Å²) in [7, 11) is 1.96. The van der Waals surface area contributed by atoms with Crippen molar-refractivity contribution in [3.8, 4) is 0 Å². The molecule has 1 aromatic carbocycles. The van der Waals surface area contributed by atoms with Crippen molar-refractivity contribution in [1.29, 1.82) is 0 Å². The van der Waals surface area contributed by atoms with Crippen LogP contribution in [0.25, 0.3) is 0 Å². The first-order valence-electron chi connectivity index (χ1n) is 6.11. The SMILES string of the molecule is CC(c1cccs1)N(C)CC(=O)c1ccccc1Cl. The quantitative estimate of drug-likeness (QED) is 0.767. The van der Waals surface area contributed by atoms with Gasteiger partial charge in [-0.25, -0.2) is 0 Å². The molecule has 0 aliphatic heterocycles. The zero-order valence-corrected chi connectivity index (χ0v) is 12.5. The highest BCUT2D eigenvalue weighted by atomic mass is 35.5. The number of likely N-dealkylation sites (N-methyl/N-ethyl adjacent to an activating group) is 1. The van der Waals surface area contributed by atoms with Gasteiger partial charge in [-0.1, -0.05) is 29.8 Å². The number of benzene rings is 1. The molecule has 2 nitrogen and oxygen atoms in total. The fourth-order valence-electron chi connectivity index (χ4n) is 1.88. The molecule has 0 saturated carbocycles. The normalized spacial score (nSPS) is 12.6. The fourth-order valence-corrected chi connectivity index (χ4v) is 2.97. The van der Waals surface area contributed by atoms with Crippen LogP contribution >= 0.6 is 22.9 Å². The molecule has 1 aromatic heterocycles. The topological polar surface area (TPSA) is 20.3 Å². The summed E-state index contributed by atoms with van der Waals surface area (Å²) in [6, 6.07) is 11.5. The molecule has 1 atom stereocenters. The van der Waals surface area contributed by atoms with Crippen LogP contribution in [0.2, 0.25) is 5.02 Å². The van der Waals surface area contributed by atoms with E-state index < -0.39 is 0 Å². The number of Topliss-reactive ketones (excluding diaryl/α,β-unsaturated/α-hetero) is 1. The Morgan fingerprint density at radius 2 is 2.05 bits per heavy atom. The summed E-state index contributed by atoms with van der Waals surface area (Å²) in [5.41, 5.74) is 0.592. The number of halogens is 1. The van der Waals surface area contributed by atoms with Gasteiger partial charge in [-0.2, -0.15) is 0 Å². The molecule has 2 aromatic rings. The van der Waals surface area contributed by atoms with Gasteiger partial charge in [0, 0.05) is 16.5 Å². The van der Waals surface area contributed by atoms with Gasteiger partial charge >= 0.3 is 0 Å². The van der Waals surface area contributed by atoms with Gasteiger partial charge in [0.15, 0.2) is 5.78 Å². The van der Waals surface area contributed by atoms with Crippen molar-refractivity contribution in [1.82, 2.24) is 4.90 Å². The predicted molar refractivity (Wildman–Crippen MR) is 81.1 cm³/mol. The third-order valence-corrected chi connectivity index (χ3v) is 4.56. The number of hydrogen-bond acceptors (Lipinski definition) is 3. The molecule has 0 bridgehead atoms. The minimum Gasteiger partial charge on any atom is -0.293 e. The van der Waals surface area contributed by atoms with E-state index in [1.807, 2.05) is 30.1 Å². The van der Waals surface area contributed by atoms with Gasteiger partial charge in [0.05, 0.1) is 11.6 Å². The summed E-state index contributed by atoms with van der Waals surface area (Å²) in [5.74, 6) is 0.0523. The molecule has 2 rings (SSSR count).